The third kappa shape index (κ3) is 2.76. The number of carbonyl (C=O) groups is 1. The fraction of sp³-hybridized carbons (Fsp3) is 0.615. The minimum Gasteiger partial charge on any atom is -0.397 e. The van der Waals surface area contributed by atoms with Gasteiger partial charge in [0.05, 0.1) is 5.69 Å². The van der Waals surface area contributed by atoms with Crippen LogP contribution in [0.5, 0.6) is 0 Å². The quantitative estimate of drug-likeness (QED) is 0.925. The summed E-state index contributed by atoms with van der Waals surface area (Å²) in [5, 5.41) is 0. The Bertz CT molecular complexity index is 529. The van der Waals surface area contributed by atoms with Crippen LogP contribution in [-0.2, 0) is 0 Å². The summed E-state index contributed by atoms with van der Waals surface area (Å²) in [5.41, 5.74) is 6.39. The fourth-order valence-corrected chi connectivity index (χ4v) is 2.42. The van der Waals surface area contributed by atoms with E-state index in [2.05, 4.69) is 0 Å². The predicted molar refractivity (Wildman–Crippen MR) is 67.2 cm³/mol. The number of anilines is 1. The monoisotopic (exact) mass is 287 g/mol. The summed E-state index contributed by atoms with van der Waals surface area (Å²) in [6.07, 6.45) is 0.432. The summed E-state index contributed by atoms with van der Waals surface area (Å²) in [6, 6.07) is 1.40. The zero-order valence-corrected chi connectivity index (χ0v) is 10.9. The van der Waals surface area contributed by atoms with E-state index >= 15 is 0 Å². The van der Waals surface area contributed by atoms with E-state index in [1.54, 1.807) is 10.8 Å². The van der Waals surface area contributed by atoms with Gasteiger partial charge in [-0.3, -0.25) is 4.79 Å². The minimum absolute atomic E-state index is 0.207. The smallest absolute Gasteiger partial charge is 0.397 e. The second-order valence-electron chi connectivity index (χ2n) is 5.58. The number of hydrogen-bond acceptors (Lipinski definition) is 2. The Hall–Kier alpha value is -1.66. The van der Waals surface area contributed by atoms with E-state index in [1.807, 2.05) is 0 Å². The van der Waals surface area contributed by atoms with Crippen LogP contribution in [0.25, 0.3) is 0 Å². The van der Waals surface area contributed by atoms with Gasteiger partial charge in [0.2, 0.25) is 0 Å². The van der Waals surface area contributed by atoms with E-state index in [-0.39, 0.29) is 17.8 Å². The number of hydrogen-bond donors (Lipinski definition) is 1. The second-order valence-corrected chi connectivity index (χ2v) is 5.58. The van der Waals surface area contributed by atoms with Gasteiger partial charge in [-0.25, -0.2) is 0 Å². The number of amides is 1. The van der Waals surface area contributed by atoms with E-state index in [1.165, 1.54) is 6.07 Å². The van der Waals surface area contributed by atoms with Crippen molar-refractivity contribution in [3.05, 3.63) is 18.0 Å². The van der Waals surface area contributed by atoms with Gasteiger partial charge in [-0.15, -0.1) is 0 Å². The first-order valence-electron chi connectivity index (χ1n) is 6.70. The van der Waals surface area contributed by atoms with Crippen molar-refractivity contribution < 1.29 is 18.0 Å². The minimum atomic E-state index is -4.37. The maximum Gasteiger partial charge on any atom is 0.406 e. The summed E-state index contributed by atoms with van der Waals surface area (Å²) in [5.74, 6) is -0.562. The van der Waals surface area contributed by atoms with Crippen LogP contribution in [0.15, 0.2) is 12.3 Å². The van der Waals surface area contributed by atoms with E-state index in [9.17, 15) is 18.0 Å². The molecule has 4 nitrogen and oxygen atoms in total. The summed E-state index contributed by atoms with van der Waals surface area (Å²) in [6.45, 7) is -1.19. The highest BCUT2D eigenvalue weighted by molar-refractivity contribution is 5.94. The average Bonchev–Trinajstić information content (AvgIpc) is 3.22. The van der Waals surface area contributed by atoms with Crippen LogP contribution in [0, 0.1) is 0 Å². The maximum absolute atomic E-state index is 12.6. The number of rotatable bonds is 4. The summed E-state index contributed by atoms with van der Waals surface area (Å²) in [4.78, 5) is 13.4. The Labute approximate surface area is 114 Å². The molecule has 0 unspecified atom stereocenters. The molecule has 1 aromatic heterocycles. The van der Waals surface area contributed by atoms with Gasteiger partial charge in [0.15, 0.2) is 0 Å². The molecule has 0 atom stereocenters. The average molecular weight is 287 g/mol. The molecule has 0 aromatic carbocycles. The summed E-state index contributed by atoms with van der Waals surface area (Å²) >= 11 is 0. The summed E-state index contributed by atoms with van der Waals surface area (Å²) in [7, 11) is 0. The van der Waals surface area contributed by atoms with Gasteiger partial charge < -0.3 is 15.2 Å². The van der Waals surface area contributed by atoms with Crippen LogP contribution in [0.4, 0.5) is 18.9 Å². The molecule has 7 heteroatoms. The molecule has 2 saturated carbocycles. The lowest BCUT2D eigenvalue weighted by molar-refractivity contribution is -0.141. The number of nitrogens with two attached hydrogens (primary N) is 1. The lowest BCUT2D eigenvalue weighted by Gasteiger charge is -2.24. The van der Waals surface area contributed by atoms with E-state index in [0.29, 0.717) is 18.5 Å². The van der Waals surface area contributed by atoms with Crippen molar-refractivity contribution in [2.75, 3.05) is 12.3 Å². The van der Waals surface area contributed by atoms with Crippen LogP contribution >= 0.6 is 0 Å². The second kappa shape index (κ2) is 4.43. The van der Waals surface area contributed by atoms with Crippen molar-refractivity contribution in [3.63, 3.8) is 0 Å². The molecule has 2 fully saturated rings. The Morgan fingerprint density at radius 1 is 1.35 bits per heavy atom. The van der Waals surface area contributed by atoms with Gasteiger partial charge in [-0.2, -0.15) is 13.2 Å². The van der Waals surface area contributed by atoms with Gasteiger partial charge in [0.25, 0.3) is 5.91 Å². The number of aromatic nitrogens is 1. The largest absolute Gasteiger partial charge is 0.406 e. The number of nitrogens with zero attached hydrogens (tertiary/aromatic N) is 2. The molecule has 2 aliphatic rings. The van der Waals surface area contributed by atoms with E-state index < -0.39 is 18.6 Å². The number of nitrogen functional groups attached to an aromatic ring is 1. The highest BCUT2D eigenvalue weighted by Crippen LogP contribution is 2.38. The first kappa shape index (κ1) is 13.3. The molecule has 0 radical (unpaired) electrons. The standard InChI is InChI=1S/C13H16F3N3O/c14-13(15,16)7-19(10-3-4-10)12(20)11-5-8(17)6-18(11)9-1-2-9/h5-6,9-10H,1-4,7,17H2. The Balaban J connectivity index is 1.85. The van der Waals surface area contributed by atoms with Crippen molar-refractivity contribution >= 4 is 11.6 Å². The molecule has 0 bridgehead atoms. The van der Waals surface area contributed by atoms with Crippen molar-refractivity contribution in [2.24, 2.45) is 0 Å². The van der Waals surface area contributed by atoms with Crippen LogP contribution in [0.1, 0.15) is 42.2 Å². The molecular formula is C13H16F3N3O. The first-order valence-corrected chi connectivity index (χ1v) is 6.70. The molecule has 0 spiro atoms. The van der Waals surface area contributed by atoms with Gasteiger partial charge in [-0.05, 0) is 31.7 Å². The van der Waals surface area contributed by atoms with Crippen molar-refractivity contribution in [2.45, 2.75) is 43.9 Å². The summed E-state index contributed by atoms with van der Waals surface area (Å²) < 4.78 is 39.6. The van der Waals surface area contributed by atoms with Gasteiger partial charge in [-0.1, -0.05) is 0 Å². The molecule has 0 aliphatic heterocycles. The molecule has 20 heavy (non-hydrogen) atoms. The molecular weight excluding hydrogens is 271 g/mol. The molecule has 110 valence electrons. The highest BCUT2D eigenvalue weighted by Gasteiger charge is 2.42. The number of carbonyl (C=O) groups excluding carboxylic acids is 1. The molecule has 3 rings (SSSR count). The molecule has 1 heterocycles. The lowest BCUT2D eigenvalue weighted by Crippen LogP contribution is -2.41. The Kier molecular flexibility index (Phi) is 2.95. The van der Waals surface area contributed by atoms with Crippen LogP contribution in [0.2, 0.25) is 0 Å². The SMILES string of the molecule is Nc1cc(C(=O)N(CC(F)(F)F)C2CC2)n(C2CC2)c1. The Morgan fingerprint density at radius 3 is 2.50 bits per heavy atom. The zero-order chi connectivity index (χ0) is 14.5. The normalized spacial score (nSPS) is 19.1. The lowest BCUT2D eigenvalue weighted by atomic mass is 10.3. The topological polar surface area (TPSA) is 51.3 Å². The van der Waals surface area contributed by atoms with Gasteiger partial charge in [0, 0.05) is 18.3 Å². The van der Waals surface area contributed by atoms with Crippen molar-refractivity contribution in [1.29, 1.82) is 0 Å². The molecule has 1 aromatic rings. The van der Waals surface area contributed by atoms with E-state index in [4.69, 9.17) is 5.73 Å². The fourth-order valence-electron chi connectivity index (χ4n) is 2.42. The van der Waals surface area contributed by atoms with Crippen molar-refractivity contribution in [1.82, 2.24) is 9.47 Å². The van der Waals surface area contributed by atoms with Gasteiger partial charge >= 0.3 is 6.18 Å². The molecule has 2 aliphatic carbocycles. The van der Waals surface area contributed by atoms with Crippen LogP contribution < -0.4 is 5.73 Å². The van der Waals surface area contributed by atoms with E-state index in [0.717, 1.165) is 17.7 Å². The van der Waals surface area contributed by atoms with Crippen LogP contribution in [-0.4, -0.2) is 34.1 Å². The zero-order valence-electron chi connectivity index (χ0n) is 10.9. The number of alkyl halides is 3. The van der Waals surface area contributed by atoms with Crippen LogP contribution in [0.3, 0.4) is 0 Å². The van der Waals surface area contributed by atoms with Crippen molar-refractivity contribution in [3.8, 4) is 0 Å². The van der Waals surface area contributed by atoms with Gasteiger partial charge in [0.1, 0.15) is 12.2 Å². The predicted octanol–water partition coefficient (Wildman–Crippen LogP) is 2.57. The molecule has 1 amide bonds. The maximum atomic E-state index is 12.6. The third-order valence-electron chi connectivity index (χ3n) is 3.63. The Morgan fingerprint density at radius 2 is 2.00 bits per heavy atom. The third-order valence-corrected chi connectivity index (χ3v) is 3.63. The highest BCUT2D eigenvalue weighted by atomic mass is 19.4. The first-order chi connectivity index (χ1) is 9.35. The molecule has 0 saturated heterocycles. The number of halogens is 3. The molecule has 2 N–H and O–H groups in total.